The first-order chi connectivity index (χ1) is 6.27. The van der Waals surface area contributed by atoms with Gasteiger partial charge in [-0.25, -0.2) is 0 Å². The summed E-state index contributed by atoms with van der Waals surface area (Å²) in [6.45, 7) is 0. The summed E-state index contributed by atoms with van der Waals surface area (Å²) >= 11 is 5.98. The van der Waals surface area contributed by atoms with Crippen LogP contribution in [0.4, 0.5) is 5.69 Å². The van der Waals surface area contributed by atoms with E-state index in [1.807, 2.05) is 18.2 Å². The highest BCUT2D eigenvalue weighted by atomic mass is 35.5. The monoisotopic (exact) mass is 193 g/mol. The second-order valence-corrected chi connectivity index (χ2v) is 4.05. The molecule has 1 N–H and O–H groups in total. The Kier molecular flexibility index (Phi) is 1.29. The Labute approximate surface area is 80.9 Å². The molecule has 0 radical (unpaired) electrons. The fraction of sp³-hybridized carbons (Fsp3) is 0.300. The van der Waals surface area contributed by atoms with Crippen molar-refractivity contribution in [3.8, 4) is 0 Å². The van der Waals surface area contributed by atoms with E-state index in [0.717, 1.165) is 12.1 Å². The number of anilines is 1. The average molecular weight is 194 g/mol. The number of carbonyl (C=O) groups is 1. The highest BCUT2D eigenvalue weighted by molar-refractivity contribution is 6.34. The maximum Gasteiger partial charge on any atom is 0.228 e. The fourth-order valence-electron chi connectivity index (χ4n) is 2.03. The number of benzene rings is 1. The third-order valence-electron chi connectivity index (χ3n) is 2.82. The number of rotatable bonds is 0. The smallest absolute Gasteiger partial charge is 0.228 e. The number of amides is 1. The van der Waals surface area contributed by atoms with Crippen LogP contribution >= 0.6 is 11.6 Å². The summed E-state index contributed by atoms with van der Waals surface area (Å²) in [5.41, 5.74) is 2.03. The van der Waals surface area contributed by atoms with E-state index in [0.29, 0.717) is 10.9 Å². The lowest BCUT2D eigenvalue weighted by molar-refractivity contribution is -0.117. The van der Waals surface area contributed by atoms with Crippen LogP contribution in [0.15, 0.2) is 18.2 Å². The molecule has 0 spiro atoms. The molecule has 0 aromatic heterocycles. The van der Waals surface area contributed by atoms with E-state index >= 15 is 0 Å². The lowest BCUT2D eigenvalue weighted by Gasteiger charge is -2.16. The van der Waals surface area contributed by atoms with Crippen molar-refractivity contribution < 1.29 is 4.79 Å². The van der Waals surface area contributed by atoms with Crippen LogP contribution in [0.1, 0.15) is 17.9 Å². The Morgan fingerprint density at radius 2 is 2.23 bits per heavy atom. The molecule has 1 aromatic rings. The molecule has 2 aliphatic rings. The summed E-state index contributed by atoms with van der Waals surface area (Å²) in [4.78, 5) is 11.4. The van der Waals surface area contributed by atoms with Gasteiger partial charge in [0, 0.05) is 5.92 Å². The topological polar surface area (TPSA) is 29.1 Å². The van der Waals surface area contributed by atoms with E-state index in [2.05, 4.69) is 5.32 Å². The highest BCUT2D eigenvalue weighted by Crippen LogP contribution is 2.54. The molecule has 3 heteroatoms. The van der Waals surface area contributed by atoms with Crippen LogP contribution in [0.2, 0.25) is 5.02 Å². The minimum Gasteiger partial charge on any atom is -0.324 e. The quantitative estimate of drug-likeness (QED) is 0.674. The molecule has 1 saturated carbocycles. The number of hydrogen-bond acceptors (Lipinski definition) is 1. The van der Waals surface area contributed by atoms with Crippen LogP contribution in [0.3, 0.4) is 0 Å². The van der Waals surface area contributed by atoms with Gasteiger partial charge in [0.25, 0.3) is 0 Å². The molecule has 1 aliphatic heterocycles. The van der Waals surface area contributed by atoms with E-state index in [-0.39, 0.29) is 11.8 Å². The maximum atomic E-state index is 11.4. The summed E-state index contributed by atoms with van der Waals surface area (Å²) in [5.74, 6) is 0.777. The van der Waals surface area contributed by atoms with E-state index in [1.54, 1.807) is 0 Å². The minimum atomic E-state index is 0.130. The first-order valence-corrected chi connectivity index (χ1v) is 4.74. The van der Waals surface area contributed by atoms with Crippen molar-refractivity contribution in [3.05, 3.63) is 28.8 Å². The molecule has 1 amide bonds. The van der Waals surface area contributed by atoms with Gasteiger partial charge in [-0.2, -0.15) is 0 Å². The molecule has 1 aliphatic carbocycles. The Bertz CT molecular complexity index is 402. The molecular weight excluding hydrogens is 186 g/mol. The van der Waals surface area contributed by atoms with Crippen molar-refractivity contribution >= 4 is 23.2 Å². The zero-order valence-corrected chi connectivity index (χ0v) is 7.64. The normalized spacial score (nSPS) is 28.8. The number of fused-ring (bicyclic) bond motifs is 3. The summed E-state index contributed by atoms with van der Waals surface area (Å²) in [6, 6.07) is 5.79. The van der Waals surface area contributed by atoms with Gasteiger partial charge in [0.15, 0.2) is 0 Å². The number of carbonyl (C=O) groups excluding carboxylic acids is 1. The van der Waals surface area contributed by atoms with Gasteiger partial charge in [-0.05, 0) is 24.0 Å². The molecule has 66 valence electrons. The minimum absolute atomic E-state index is 0.130. The highest BCUT2D eigenvalue weighted by Gasteiger charge is 2.48. The fourth-order valence-corrected chi connectivity index (χ4v) is 2.26. The van der Waals surface area contributed by atoms with Gasteiger partial charge in [0.2, 0.25) is 5.91 Å². The van der Waals surface area contributed by atoms with Crippen molar-refractivity contribution in [1.29, 1.82) is 0 Å². The molecular formula is C10H8ClNO. The predicted octanol–water partition coefficient (Wildman–Crippen LogP) is 2.40. The summed E-state index contributed by atoms with van der Waals surface area (Å²) in [5, 5.41) is 3.50. The molecule has 0 saturated heterocycles. The lowest BCUT2D eigenvalue weighted by Crippen LogP contribution is -2.19. The number of para-hydroxylation sites is 1. The maximum absolute atomic E-state index is 11.4. The van der Waals surface area contributed by atoms with Gasteiger partial charge in [0.1, 0.15) is 0 Å². The molecule has 1 heterocycles. The van der Waals surface area contributed by atoms with E-state index in [1.165, 1.54) is 5.56 Å². The van der Waals surface area contributed by atoms with E-state index < -0.39 is 0 Å². The van der Waals surface area contributed by atoms with Crippen molar-refractivity contribution in [3.63, 3.8) is 0 Å². The van der Waals surface area contributed by atoms with Gasteiger partial charge >= 0.3 is 0 Å². The number of nitrogens with one attached hydrogen (secondary N) is 1. The van der Waals surface area contributed by atoms with Crippen LogP contribution in [0, 0.1) is 5.92 Å². The number of hydrogen-bond donors (Lipinski definition) is 1. The Hall–Kier alpha value is -1.02. The van der Waals surface area contributed by atoms with Gasteiger partial charge in [-0.15, -0.1) is 0 Å². The SMILES string of the molecule is O=C1Nc2c(Cl)cccc2C2CC12. The molecule has 3 rings (SSSR count). The molecule has 1 aromatic carbocycles. The zero-order valence-electron chi connectivity index (χ0n) is 6.88. The standard InChI is InChI=1S/C10H8ClNO/c11-8-3-1-2-5-6-4-7(6)10(13)12-9(5)8/h1-3,6-7H,4H2,(H,12,13). The largest absolute Gasteiger partial charge is 0.324 e. The van der Waals surface area contributed by atoms with Gasteiger partial charge < -0.3 is 5.32 Å². The lowest BCUT2D eigenvalue weighted by atomic mass is 10.0. The van der Waals surface area contributed by atoms with Crippen LogP contribution in [0.25, 0.3) is 0 Å². The molecule has 13 heavy (non-hydrogen) atoms. The van der Waals surface area contributed by atoms with Crippen LogP contribution < -0.4 is 5.32 Å². The first kappa shape index (κ1) is 7.39. The van der Waals surface area contributed by atoms with Crippen molar-refractivity contribution in [2.45, 2.75) is 12.3 Å². The van der Waals surface area contributed by atoms with Crippen molar-refractivity contribution in [2.24, 2.45) is 5.92 Å². The van der Waals surface area contributed by atoms with Crippen LogP contribution in [0.5, 0.6) is 0 Å². The Morgan fingerprint density at radius 1 is 1.38 bits per heavy atom. The van der Waals surface area contributed by atoms with E-state index in [9.17, 15) is 4.79 Å². The van der Waals surface area contributed by atoms with Gasteiger partial charge in [0.05, 0.1) is 10.7 Å². The second-order valence-electron chi connectivity index (χ2n) is 3.64. The van der Waals surface area contributed by atoms with Crippen LogP contribution in [-0.2, 0) is 4.79 Å². The molecule has 2 nitrogen and oxygen atoms in total. The molecule has 1 fully saturated rings. The van der Waals surface area contributed by atoms with Crippen LogP contribution in [-0.4, -0.2) is 5.91 Å². The molecule has 0 bridgehead atoms. The molecule has 2 atom stereocenters. The Balaban J connectivity index is 2.19. The number of halogens is 1. The second kappa shape index (κ2) is 2.26. The van der Waals surface area contributed by atoms with Gasteiger partial charge in [-0.1, -0.05) is 23.7 Å². The Morgan fingerprint density at radius 3 is 3.08 bits per heavy atom. The summed E-state index contributed by atoms with van der Waals surface area (Å²) in [6.07, 6.45) is 0.985. The molecule has 2 unspecified atom stereocenters. The first-order valence-electron chi connectivity index (χ1n) is 4.36. The van der Waals surface area contributed by atoms with Gasteiger partial charge in [-0.3, -0.25) is 4.79 Å². The predicted molar refractivity (Wildman–Crippen MR) is 50.9 cm³/mol. The van der Waals surface area contributed by atoms with Crippen molar-refractivity contribution in [2.75, 3.05) is 5.32 Å². The zero-order chi connectivity index (χ0) is 9.00. The summed E-state index contributed by atoms with van der Waals surface area (Å²) in [7, 11) is 0. The third kappa shape index (κ3) is 0.923. The average Bonchev–Trinajstić information content (AvgIpc) is 2.87. The van der Waals surface area contributed by atoms with E-state index in [4.69, 9.17) is 11.6 Å². The third-order valence-corrected chi connectivity index (χ3v) is 3.14. The van der Waals surface area contributed by atoms with Crippen molar-refractivity contribution in [1.82, 2.24) is 0 Å². The summed E-state index contributed by atoms with van der Waals surface area (Å²) < 4.78 is 0.